The summed E-state index contributed by atoms with van der Waals surface area (Å²) >= 11 is 0. The number of aldehydes is 1. The molecule has 138 valence electrons. The molecular weight excluding hydrogens is 337 g/mol. The van der Waals surface area contributed by atoms with E-state index >= 15 is 0 Å². The van der Waals surface area contributed by atoms with E-state index in [1.165, 1.54) is 12.1 Å². The largest absolute Gasteiger partial charge is 0.488 e. The highest BCUT2D eigenvalue weighted by Crippen LogP contribution is 2.31. The van der Waals surface area contributed by atoms with E-state index in [9.17, 15) is 14.0 Å². The van der Waals surface area contributed by atoms with Gasteiger partial charge in [0.2, 0.25) is 5.82 Å². The van der Waals surface area contributed by atoms with Gasteiger partial charge in [0.25, 0.3) is 5.91 Å². The fourth-order valence-corrected chi connectivity index (χ4v) is 2.23. The van der Waals surface area contributed by atoms with Crippen LogP contribution in [-0.4, -0.2) is 24.4 Å². The fraction of sp³-hybridized carbons (Fsp3) is 0.300. The van der Waals surface area contributed by atoms with Crippen molar-refractivity contribution < 1.29 is 23.5 Å². The molecule has 0 unspecified atom stereocenters. The lowest BCUT2D eigenvalue weighted by molar-refractivity contribution is 0.102. The molecule has 0 aliphatic heterocycles. The minimum atomic E-state index is -0.640. The van der Waals surface area contributed by atoms with Crippen molar-refractivity contribution in [1.29, 1.82) is 0 Å². The Hall–Kier alpha value is -2.89. The molecule has 0 aromatic heterocycles. The second kappa shape index (κ2) is 8.47. The summed E-state index contributed by atoms with van der Waals surface area (Å²) in [5.41, 5.74) is 1.23. The Morgan fingerprint density at radius 2 is 1.50 bits per heavy atom. The molecule has 5 nitrogen and oxygen atoms in total. The zero-order valence-electron chi connectivity index (χ0n) is 15.2. The highest BCUT2D eigenvalue weighted by molar-refractivity contribution is 6.05. The molecule has 0 saturated carbocycles. The van der Waals surface area contributed by atoms with Gasteiger partial charge in [-0.3, -0.25) is 9.59 Å². The second-order valence-corrected chi connectivity index (χ2v) is 6.31. The van der Waals surface area contributed by atoms with E-state index < -0.39 is 11.7 Å². The average molecular weight is 359 g/mol. The third kappa shape index (κ3) is 5.05. The van der Waals surface area contributed by atoms with E-state index in [4.69, 9.17) is 9.47 Å². The first-order valence-corrected chi connectivity index (χ1v) is 8.33. The summed E-state index contributed by atoms with van der Waals surface area (Å²) in [6, 6.07) is 9.10. The zero-order valence-corrected chi connectivity index (χ0v) is 15.2. The Balaban J connectivity index is 2.32. The van der Waals surface area contributed by atoms with E-state index in [0.29, 0.717) is 11.3 Å². The minimum Gasteiger partial charge on any atom is -0.488 e. The Labute approximate surface area is 152 Å². The van der Waals surface area contributed by atoms with Crippen LogP contribution in [0.15, 0.2) is 36.4 Å². The molecule has 0 aliphatic rings. The van der Waals surface area contributed by atoms with Gasteiger partial charge >= 0.3 is 0 Å². The summed E-state index contributed by atoms with van der Waals surface area (Å²) in [5, 5.41) is 2.70. The normalized spacial score (nSPS) is 10.7. The fourth-order valence-electron chi connectivity index (χ4n) is 2.23. The third-order valence-corrected chi connectivity index (χ3v) is 3.30. The smallest absolute Gasteiger partial charge is 0.255 e. The molecule has 1 N–H and O–H groups in total. The maximum absolute atomic E-state index is 14.5. The van der Waals surface area contributed by atoms with Gasteiger partial charge in [0, 0.05) is 16.8 Å². The van der Waals surface area contributed by atoms with Crippen molar-refractivity contribution in [1.82, 2.24) is 0 Å². The Morgan fingerprint density at radius 1 is 1.00 bits per heavy atom. The molecule has 2 aromatic rings. The molecule has 0 fully saturated rings. The molecule has 0 radical (unpaired) electrons. The molecule has 0 aliphatic carbocycles. The van der Waals surface area contributed by atoms with Crippen LogP contribution in [0.25, 0.3) is 0 Å². The summed E-state index contributed by atoms with van der Waals surface area (Å²) in [4.78, 5) is 23.2. The lowest BCUT2D eigenvalue weighted by Gasteiger charge is -2.17. The van der Waals surface area contributed by atoms with E-state index in [0.717, 1.165) is 6.29 Å². The highest BCUT2D eigenvalue weighted by Gasteiger charge is 2.19. The second-order valence-electron chi connectivity index (χ2n) is 6.31. The number of ether oxygens (including phenoxy) is 2. The molecule has 0 saturated heterocycles. The predicted molar refractivity (Wildman–Crippen MR) is 97.7 cm³/mol. The van der Waals surface area contributed by atoms with Crippen LogP contribution in [0.2, 0.25) is 0 Å². The van der Waals surface area contributed by atoms with E-state index in [1.54, 1.807) is 52.0 Å². The predicted octanol–water partition coefficient (Wildman–Crippen LogP) is 4.46. The number of carbonyl (C=O) groups is 2. The van der Waals surface area contributed by atoms with Crippen molar-refractivity contribution in [2.45, 2.75) is 39.9 Å². The Bertz CT molecular complexity index is 754. The molecule has 2 rings (SSSR count). The molecule has 0 atom stereocenters. The number of halogens is 1. The molecular formula is C20H22FNO4. The number of benzene rings is 2. The molecule has 2 aromatic carbocycles. The first-order chi connectivity index (χ1) is 12.3. The standard InChI is InChI=1S/C20H22FNO4/c1-12(2)25-17-9-15(10-18(19(17)21)26-13(3)4)20(24)22-16-7-5-14(11-23)6-8-16/h5-13H,1-4H3,(H,22,24). The Kier molecular flexibility index (Phi) is 6.33. The van der Waals surface area contributed by atoms with Crippen molar-refractivity contribution in [2.24, 2.45) is 0 Å². The van der Waals surface area contributed by atoms with Gasteiger partial charge in [-0.2, -0.15) is 4.39 Å². The molecule has 26 heavy (non-hydrogen) atoms. The average Bonchev–Trinajstić information content (AvgIpc) is 2.58. The Morgan fingerprint density at radius 3 is 1.92 bits per heavy atom. The van der Waals surface area contributed by atoms with Crippen molar-refractivity contribution in [3.63, 3.8) is 0 Å². The number of hydrogen-bond donors (Lipinski definition) is 1. The van der Waals surface area contributed by atoms with Gasteiger partial charge in [0.1, 0.15) is 6.29 Å². The molecule has 0 bridgehead atoms. The van der Waals surface area contributed by atoms with Crippen LogP contribution in [0, 0.1) is 5.82 Å². The van der Waals surface area contributed by atoms with E-state index in [-0.39, 0.29) is 29.3 Å². The van der Waals surface area contributed by atoms with Crippen LogP contribution in [0.3, 0.4) is 0 Å². The quantitative estimate of drug-likeness (QED) is 0.741. The lowest BCUT2D eigenvalue weighted by atomic mass is 10.1. The number of nitrogens with one attached hydrogen (secondary N) is 1. The number of amides is 1. The van der Waals surface area contributed by atoms with Gasteiger partial charge in [-0.15, -0.1) is 0 Å². The minimum absolute atomic E-state index is 0.0420. The maximum atomic E-state index is 14.5. The summed E-state index contributed by atoms with van der Waals surface area (Å²) < 4.78 is 25.5. The van der Waals surface area contributed by atoms with Gasteiger partial charge in [-0.25, -0.2) is 0 Å². The summed E-state index contributed by atoms with van der Waals surface area (Å²) in [7, 11) is 0. The van der Waals surface area contributed by atoms with Crippen LogP contribution in [0.4, 0.5) is 10.1 Å². The van der Waals surface area contributed by atoms with Crippen LogP contribution in [-0.2, 0) is 0 Å². The monoisotopic (exact) mass is 359 g/mol. The third-order valence-electron chi connectivity index (χ3n) is 3.30. The zero-order chi connectivity index (χ0) is 19.3. The van der Waals surface area contributed by atoms with Crippen LogP contribution >= 0.6 is 0 Å². The van der Waals surface area contributed by atoms with E-state index in [2.05, 4.69) is 5.32 Å². The van der Waals surface area contributed by atoms with Crippen molar-refractivity contribution in [3.05, 3.63) is 53.3 Å². The first-order valence-electron chi connectivity index (χ1n) is 8.33. The number of carbonyl (C=O) groups excluding carboxylic acids is 2. The van der Waals surface area contributed by atoms with Crippen LogP contribution in [0.5, 0.6) is 11.5 Å². The van der Waals surface area contributed by atoms with Gasteiger partial charge in [-0.05, 0) is 64.1 Å². The van der Waals surface area contributed by atoms with Gasteiger partial charge in [0.15, 0.2) is 11.5 Å². The van der Waals surface area contributed by atoms with Crippen LogP contribution < -0.4 is 14.8 Å². The van der Waals surface area contributed by atoms with Crippen molar-refractivity contribution in [2.75, 3.05) is 5.32 Å². The number of hydrogen-bond acceptors (Lipinski definition) is 4. The summed E-state index contributed by atoms with van der Waals surface area (Å²) in [5.74, 6) is -1.16. The molecule has 0 heterocycles. The van der Waals surface area contributed by atoms with Gasteiger partial charge in [0.05, 0.1) is 12.2 Å². The van der Waals surface area contributed by atoms with Crippen molar-refractivity contribution >= 4 is 17.9 Å². The maximum Gasteiger partial charge on any atom is 0.255 e. The highest BCUT2D eigenvalue weighted by atomic mass is 19.1. The van der Waals surface area contributed by atoms with Crippen molar-refractivity contribution in [3.8, 4) is 11.5 Å². The van der Waals surface area contributed by atoms with Crippen LogP contribution in [0.1, 0.15) is 48.4 Å². The topological polar surface area (TPSA) is 64.6 Å². The number of anilines is 1. The molecule has 6 heteroatoms. The lowest BCUT2D eigenvalue weighted by Crippen LogP contribution is -2.15. The summed E-state index contributed by atoms with van der Waals surface area (Å²) in [6.45, 7) is 7.07. The SMILES string of the molecule is CC(C)Oc1cc(C(=O)Nc2ccc(C=O)cc2)cc(OC(C)C)c1F. The van der Waals surface area contributed by atoms with Gasteiger partial charge in [-0.1, -0.05) is 0 Å². The first kappa shape index (κ1) is 19.4. The summed E-state index contributed by atoms with van der Waals surface area (Å²) in [6.07, 6.45) is 0.201. The molecule has 1 amide bonds. The number of rotatable bonds is 7. The van der Waals surface area contributed by atoms with Gasteiger partial charge < -0.3 is 14.8 Å². The van der Waals surface area contributed by atoms with E-state index in [1.807, 2.05) is 0 Å². The molecule has 0 spiro atoms.